The quantitative estimate of drug-likeness (QED) is 0.0151. The molecule has 5 aliphatic rings. The van der Waals surface area contributed by atoms with Crippen LogP contribution in [0.4, 0.5) is 11.4 Å². The van der Waals surface area contributed by atoms with Crippen LogP contribution in [0.3, 0.4) is 0 Å². The van der Waals surface area contributed by atoms with Gasteiger partial charge in [0.05, 0.1) is 56.1 Å². The van der Waals surface area contributed by atoms with Crippen molar-refractivity contribution in [3.8, 4) is 22.5 Å². The van der Waals surface area contributed by atoms with E-state index >= 15 is 0 Å². The fourth-order valence-corrected chi connectivity index (χ4v) is 9.94. The molecule has 3 amide bonds. The number of carbonyl (C=O) groups excluding carboxylic acids is 3. The van der Waals surface area contributed by atoms with Crippen molar-refractivity contribution >= 4 is 46.0 Å². The normalized spacial score (nSPS) is 27.9. The van der Waals surface area contributed by atoms with Crippen molar-refractivity contribution in [2.45, 2.75) is 105 Å². The molecular weight excluding hydrogens is 1100 g/mol. The Morgan fingerprint density at radius 3 is 2.04 bits per heavy atom. The number of fused-ring (bicyclic) bond motifs is 2. The molecule has 0 unspecified atom stereocenters. The van der Waals surface area contributed by atoms with Gasteiger partial charge in [0, 0.05) is 79.3 Å². The molecule has 84 heavy (non-hydrogen) atoms. The minimum atomic E-state index is -1.99. The van der Waals surface area contributed by atoms with Crippen LogP contribution in [0.15, 0.2) is 83.3 Å². The van der Waals surface area contributed by atoms with Gasteiger partial charge in [-0.15, -0.1) is 0 Å². The molecule has 15 atom stereocenters. The van der Waals surface area contributed by atoms with Gasteiger partial charge in [0.2, 0.25) is 11.3 Å². The molecular formula is C57H73N6O21+. The summed E-state index contributed by atoms with van der Waals surface area (Å²) in [6.07, 6.45) is -26.0. The summed E-state index contributed by atoms with van der Waals surface area (Å²) in [4.78, 5) is 54.1. The number of nitrogens with one attached hydrogen (secondary N) is 3. The number of rotatable bonds is 22. The van der Waals surface area contributed by atoms with Gasteiger partial charge in [-0.1, -0.05) is 18.2 Å². The zero-order valence-electron chi connectivity index (χ0n) is 46.7. The summed E-state index contributed by atoms with van der Waals surface area (Å²) in [7, 11) is 7.57. The summed E-state index contributed by atoms with van der Waals surface area (Å²) in [6.45, 7) is -0.637. The molecule has 27 heteroatoms. The molecule has 456 valence electrons. The van der Waals surface area contributed by atoms with Crippen LogP contribution >= 0.6 is 0 Å². The number of anilines is 2. The molecule has 14 N–H and O–H groups in total. The summed E-state index contributed by atoms with van der Waals surface area (Å²) >= 11 is 0. The van der Waals surface area contributed by atoms with Crippen LogP contribution < -0.4 is 36.5 Å². The molecule has 8 rings (SSSR count). The first-order valence-corrected chi connectivity index (χ1v) is 27.2. The molecule has 0 spiro atoms. The third kappa shape index (κ3) is 14.3. The lowest BCUT2D eigenvalue weighted by Crippen LogP contribution is -2.67. The number of aliphatic hydroxyl groups excluding tert-OH is 8. The first-order valence-electron chi connectivity index (χ1n) is 27.2. The Hall–Kier alpha value is -6.77. The molecule has 0 radical (unpaired) electrons. The van der Waals surface area contributed by atoms with Gasteiger partial charge in [-0.25, -0.2) is 9.37 Å². The van der Waals surface area contributed by atoms with Crippen LogP contribution in [0.5, 0.6) is 0 Å². The van der Waals surface area contributed by atoms with Crippen molar-refractivity contribution in [2.75, 3.05) is 84.9 Å². The van der Waals surface area contributed by atoms with Gasteiger partial charge in [0.25, 0.3) is 11.8 Å². The number of carboxylic acid groups (broad SMARTS) is 1. The predicted molar refractivity (Wildman–Crippen MR) is 297 cm³/mol. The number of amides is 3. The maximum atomic E-state index is 13.5. The lowest BCUT2D eigenvalue weighted by atomic mass is 9.89. The minimum Gasteiger partial charge on any atom is -0.478 e. The van der Waals surface area contributed by atoms with Gasteiger partial charge < -0.3 is 110 Å². The van der Waals surface area contributed by atoms with Crippen molar-refractivity contribution < 1.29 is 103 Å². The number of nitrogens with zero attached hydrogens (tertiary/aromatic N) is 2. The molecule has 27 nitrogen and oxygen atoms in total. The third-order valence-electron chi connectivity index (χ3n) is 14.7. The van der Waals surface area contributed by atoms with E-state index in [2.05, 4.69) is 16.0 Å². The highest BCUT2D eigenvalue weighted by Gasteiger charge is 2.54. The maximum absolute atomic E-state index is 13.5. The standard InChI is InChI=1S/C57H72N6O21/c1-27-43(66)46(69)48(71)55(79-27)84-51-50(83-56-49(72)47(70)44(67)40(82-56)26-77-21-19-61-53(74)32-8-6-7-9-36(32)58)45(68)39(25-64)81-57(51)78-20-16-41(65)59-17-18-60-52(73)28-10-13-31(35(22-28)54(75)76)42-33-14-11-29(62(2)3)23-37(33)80-38-24-30(63(4)5)12-15-34(38)42/h6-15,22-24,27,39-40,43-51,55-57,64,66-72H,16-21,25-26H2,1-5H3,(H5-,58,59,60,61,65,73,74,75,76)/p+1/t27-,39+,40+,43+,44-,45-,46+,47-,48-,49+,50-,51+,55-,56+,57+/m0/s1. The maximum Gasteiger partial charge on any atom is 0.336 e. The first-order chi connectivity index (χ1) is 40.1. The highest BCUT2D eigenvalue weighted by Crippen LogP contribution is 2.42. The summed E-state index contributed by atoms with van der Waals surface area (Å²) < 4.78 is 49.4. The van der Waals surface area contributed by atoms with Crippen LogP contribution in [0.1, 0.15) is 44.4 Å². The van der Waals surface area contributed by atoms with Gasteiger partial charge in [-0.05, 0) is 55.0 Å². The number of para-hydroxylation sites is 1. The zero-order valence-corrected chi connectivity index (χ0v) is 46.7. The van der Waals surface area contributed by atoms with Crippen molar-refractivity contribution in [3.05, 3.63) is 101 Å². The Labute approximate surface area is 481 Å². The van der Waals surface area contributed by atoms with Crippen LogP contribution in [-0.4, -0.2) is 236 Å². The Morgan fingerprint density at radius 1 is 0.667 bits per heavy atom. The molecule has 4 heterocycles. The van der Waals surface area contributed by atoms with Gasteiger partial charge >= 0.3 is 5.97 Å². The van der Waals surface area contributed by atoms with E-state index in [1.165, 1.54) is 25.1 Å². The number of hydrogen-bond donors (Lipinski definition) is 13. The highest BCUT2D eigenvalue weighted by molar-refractivity contribution is 6.09. The second kappa shape index (κ2) is 28.0. The first kappa shape index (κ1) is 63.3. The second-order valence-corrected chi connectivity index (χ2v) is 21.0. The number of carboxylic acids is 1. The summed E-state index contributed by atoms with van der Waals surface area (Å²) in [5.41, 5.74) is 9.28. The van der Waals surface area contributed by atoms with Crippen LogP contribution in [0, 0.1) is 0 Å². The molecule has 3 aromatic rings. The zero-order chi connectivity index (χ0) is 60.7. The molecule has 0 saturated carbocycles. The number of hydrogen-bond acceptors (Lipinski definition) is 22. The molecule has 3 fully saturated rings. The highest BCUT2D eigenvalue weighted by atomic mass is 16.8. The Bertz CT molecular complexity index is 3160. The van der Waals surface area contributed by atoms with Crippen LogP contribution in [-0.2, 0) is 38.0 Å². The van der Waals surface area contributed by atoms with Crippen molar-refractivity contribution in [3.63, 3.8) is 0 Å². The number of aliphatic hydroxyl groups is 8. The van der Waals surface area contributed by atoms with E-state index in [-0.39, 0.29) is 55.0 Å². The fraction of sp³-hybridized carbons (Fsp3) is 0.491. The lowest BCUT2D eigenvalue weighted by Gasteiger charge is -2.49. The fourth-order valence-electron chi connectivity index (χ4n) is 9.94. The molecule has 0 bridgehead atoms. The molecule has 3 aromatic carbocycles. The monoisotopic (exact) mass is 1180 g/mol. The molecule has 3 saturated heterocycles. The van der Waals surface area contributed by atoms with Gasteiger partial charge in [0.15, 0.2) is 18.9 Å². The van der Waals surface area contributed by atoms with E-state index in [9.17, 15) is 65.1 Å². The van der Waals surface area contributed by atoms with Crippen LogP contribution in [0.2, 0.25) is 0 Å². The van der Waals surface area contributed by atoms with Gasteiger partial charge in [-0.2, -0.15) is 0 Å². The SMILES string of the molecule is C[C@@H]1O[C@@H](O[C@H]2[C@H](OCCC(=O)NCCNC(=O)c3ccc(-c4c5ccc(=[N+](C)C)cc-5oc5cc(N(C)C)ccc45)c(C(=O)O)c3)O[C@H](CO)[C@H](O)[C@@H]2O[C@H]2O[C@H](COCCNC(=O)c3ccccc3N)[C@H](O)[C@H](O)[C@H]2O)[C@@H](O)[C@H](O)[C@@H]1O. The Morgan fingerprint density at radius 2 is 1.33 bits per heavy atom. The average molecular weight is 1180 g/mol. The van der Waals surface area contributed by atoms with E-state index in [4.69, 9.17) is 43.3 Å². The van der Waals surface area contributed by atoms with E-state index in [0.717, 1.165) is 11.0 Å². The van der Waals surface area contributed by atoms with E-state index in [0.29, 0.717) is 33.4 Å². The smallest absolute Gasteiger partial charge is 0.336 e. The Kier molecular flexibility index (Phi) is 21.1. The largest absolute Gasteiger partial charge is 0.478 e. The predicted octanol–water partition coefficient (Wildman–Crippen LogP) is -2.23. The summed E-state index contributed by atoms with van der Waals surface area (Å²) in [5.74, 6) is -2.44. The summed E-state index contributed by atoms with van der Waals surface area (Å²) in [5, 5.41) is 107. The number of nitrogens with two attached hydrogens (primary N) is 1. The lowest BCUT2D eigenvalue weighted by molar-refractivity contribution is -0.390. The number of nitrogen functional groups attached to an aromatic ring is 1. The van der Waals surface area contributed by atoms with Crippen LogP contribution in [0.25, 0.3) is 33.4 Å². The molecule has 4 aliphatic heterocycles. The van der Waals surface area contributed by atoms with Crippen molar-refractivity contribution in [2.24, 2.45) is 0 Å². The summed E-state index contributed by atoms with van der Waals surface area (Å²) in [6, 6.07) is 22.0. The number of benzene rings is 4. The average Bonchev–Trinajstić information content (AvgIpc) is 1.98. The van der Waals surface area contributed by atoms with E-state index < -0.39 is 136 Å². The Balaban J connectivity index is 0.904. The van der Waals surface area contributed by atoms with Gasteiger partial charge in [-0.3, -0.25) is 14.4 Å². The number of ether oxygens (including phenoxy) is 7. The second-order valence-electron chi connectivity index (χ2n) is 21.0. The van der Waals surface area contributed by atoms with Crippen molar-refractivity contribution in [1.29, 1.82) is 0 Å². The topological polar surface area (TPSA) is 396 Å². The van der Waals surface area contributed by atoms with E-state index in [1.807, 2.05) is 74.1 Å². The number of aromatic carboxylic acids is 1. The number of carbonyl (C=O) groups is 4. The minimum absolute atomic E-state index is 0.00615. The van der Waals surface area contributed by atoms with Crippen molar-refractivity contribution in [1.82, 2.24) is 20.5 Å². The van der Waals surface area contributed by atoms with Gasteiger partial charge in [0.1, 0.15) is 92.6 Å². The third-order valence-corrected chi connectivity index (χ3v) is 14.7. The van der Waals surface area contributed by atoms with E-state index in [1.54, 1.807) is 24.3 Å². The molecule has 0 aromatic heterocycles. The molecule has 1 aliphatic carbocycles.